The van der Waals surface area contributed by atoms with E-state index in [0.717, 1.165) is 24.2 Å². The number of carbonyl (C=O) groups is 1. The van der Waals surface area contributed by atoms with Crippen molar-refractivity contribution >= 4 is 40.5 Å². The lowest BCUT2D eigenvalue weighted by Gasteiger charge is -2.08. The van der Waals surface area contributed by atoms with Crippen molar-refractivity contribution in [3.8, 4) is 0 Å². The molecule has 114 valence electrons. The standard InChI is InChI=1S/C14H17FN2O2S2/c1-9-6-12-11(7-10(9)15)16-14(21-8-13(18)19)17(12)4-3-5-20-2/h6-7H,3-5,8H2,1-2H3,(H,18,19). The van der Waals surface area contributed by atoms with E-state index in [1.54, 1.807) is 24.8 Å². The van der Waals surface area contributed by atoms with Crippen LogP contribution in [0, 0.1) is 12.7 Å². The number of benzene rings is 1. The van der Waals surface area contributed by atoms with Gasteiger partial charge in [-0.3, -0.25) is 4.79 Å². The second-order valence-electron chi connectivity index (χ2n) is 4.66. The van der Waals surface area contributed by atoms with Crippen LogP contribution in [0.3, 0.4) is 0 Å². The van der Waals surface area contributed by atoms with Crippen LogP contribution < -0.4 is 0 Å². The van der Waals surface area contributed by atoms with Gasteiger partial charge in [0.15, 0.2) is 5.16 Å². The SMILES string of the molecule is CSCCCn1c(SCC(=O)O)nc2cc(F)c(C)cc21. The molecule has 0 aliphatic heterocycles. The van der Waals surface area contributed by atoms with Gasteiger partial charge in [-0.1, -0.05) is 11.8 Å². The highest BCUT2D eigenvalue weighted by Gasteiger charge is 2.14. The molecule has 0 radical (unpaired) electrons. The predicted molar refractivity (Wildman–Crippen MR) is 85.8 cm³/mol. The highest BCUT2D eigenvalue weighted by atomic mass is 32.2. The van der Waals surface area contributed by atoms with E-state index in [9.17, 15) is 9.18 Å². The van der Waals surface area contributed by atoms with Gasteiger partial charge < -0.3 is 9.67 Å². The van der Waals surface area contributed by atoms with Crippen LogP contribution in [0.5, 0.6) is 0 Å². The predicted octanol–water partition coefficient (Wildman–Crippen LogP) is 3.41. The summed E-state index contributed by atoms with van der Waals surface area (Å²) >= 11 is 2.94. The lowest BCUT2D eigenvalue weighted by molar-refractivity contribution is -0.133. The third-order valence-corrected chi connectivity index (χ3v) is 4.71. The summed E-state index contributed by atoms with van der Waals surface area (Å²) in [5, 5.41) is 9.46. The molecule has 1 aromatic carbocycles. The van der Waals surface area contributed by atoms with Crippen LogP contribution >= 0.6 is 23.5 Å². The summed E-state index contributed by atoms with van der Waals surface area (Å²) in [5.74, 6) is -0.202. The fourth-order valence-electron chi connectivity index (χ4n) is 2.05. The molecule has 7 heteroatoms. The highest BCUT2D eigenvalue weighted by Crippen LogP contribution is 2.26. The number of nitrogens with zero attached hydrogens (tertiary/aromatic N) is 2. The van der Waals surface area contributed by atoms with Crippen LogP contribution in [0.25, 0.3) is 11.0 Å². The van der Waals surface area contributed by atoms with E-state index in [-0.39, 0.29) is 11.6 Å². The first-order valence-electron chi connectivity index (χ1n) is 6.53. The van der Waals surface area contributed by atoms with Gasteiger partial charge in [0, 0.05) is 12.6 Å². The zero-order valence-corrected chi connectivity index (χ0v) is 13.6. The Balaban J connectivity index is 2.39. The van der Waals surface area contributed by atoms with Crippen molar-refractivity contribution < 1.29 is 14.3 Å². The van der Waals surface area contributed by atoms with Crippen molar-refractivity contribution in [1.82, 2.24) is 9.55 Å². The number of thioether (sulfide) groups is 2. The Kier molecular flexibility index (Phi) is 5.52. The van der Waals surface area contributed by atoms with Gasteiger partial charge in [-0.15, -0.1) is 0 Å². The third kappa shape index (κ3) is 3.91. The van der Waals surface area contributed by atoms with Gasteiger partial charge >= 0.3 is 5.97 Å². The van der Waals surface area contributed by atoms with Gasteiger partial charge in [0.05, 0.1) is 16.8 Å². The molecule has 1 N–H and O–H groups in total. The van der Waals surface area contributed by atoms with Gasteiger partial charge in [0.25, 0.3) is 0 Å². The number of hydrogen-bond donors (Lipinski definition) is 1. The molecule has 0 unspecified atom stereocenters. The molecular formula is C14H17FN2O2S2. The van der Waals surface area contributed by atoms with E-state index in [1.807, 2.05) is 10.8 Å². The fraction of sp³-hybridized carbons (Fsp3) is 0.429. The lowest BCUT2D eigenvalue weighted by atomic mass is 10.2. The van der Waals surface area contributed by atoms with E-state index >= 15 is 0 Å². The number of aromatic nitrogens is 2. The third-order valence-electron chi connectivity index (χ3n) is 3.05. The van der Waals surface area contributed by atoms with Crippen LogP contribution in [-0.4, -0.2) is 38.4 Å². The van der Waals surface area contributed by atoms with E-state index in [1.165, 1.54) is 17.8 Å². The average molecular weight is 328 g/mol. The number of imidazole rings is 1. The summed E-state index contributed by atoms with van der Waals surface area (Å²) in [6.45, 7) is 2.47. The Morgan fingerprint density at radius 3 is 2.90 bits per heavy atom. The summed E-state index contributed by atoms with van der Waals surface area (Å²) in [7, 11) is 0. The Morgan fingerprint density at radius 1 is 1.48 bits per heavy atom. The van der Waals surface area contributed by atoms with Crippen molar-refractivity contribution in [2.45, 2.75) is 25.0 Å². The summed E-state index contributed by atoms with van der Waals surface area (Å²) in [6, 6.07) is 3.20. The number of rotatable bonds is 7. The number of aliphatic carboxylic acids is 1. The Hall–Kier alpha value is -1.21. The number of carboxylic acids is 1. The summed E-state index contributed by atoms with van der Waals surface area (Å²) in [5.41, 5.74) is 2.02. The minimum Gasteiger partial charge on any atom is -0.481 e. The molecule has 0 saturated carbocycles. The number of carboxylic acid groups (broad SMARTS) is 1. The molecule has 0 fully saturated rings. The summed E-state index contributed by atoms with van der Waals surface area (Å²) < 4.78 is 15.6. The normalized spacial score (nSPS) is 11.2. The second kappa shape index (κ2) is 7.17. The van der Waals surface area contributed by atoms with Gasteiger partial charge in [0.1, 0.15) is 5.82 Å². The highest BCUT2D eigenvalue weighted by molar-refractivity contribution is 7.99. The molecule has 0 aliphatic rings. The number of hydrogen-bond acceptors (Lipinski definition) is 4. The van der Waals surface area contributed by atoms with Gasteiger partial charge in [0.2, 0.25) is 0 Å². The zero-order chi connectivity index (χ0) is 15.4. The van der Waals surface area contributed by atoms with Crippen LogP contribution in [0.1, 0.15) is 12.0 Å². The lowest BCUT2D eigenvalue weighted by Crippen LogP contribution is -2.04. The van der Waals surface area contributed by atoms with Crippen LogP contribution in [0.15, 0.2) is 17.3 Å². The zero-order valence-electron chi connectivity index (χ0n) is 11.9. The molecule has 0 spiro atoms. The van der Waals surface area contributed by atoms with Crippen molar-refractivity contribution in [2.24, 2.45) is 0 Å². The minimum atomic E-state index is -0.884. The molecular weight excluding hydrogens is 311 g/mol. The van der Waals surface area contributed by atoms with Crippen molar-refractivity contribution in [1.29, 1.82) is 0 Å². The molecule has 0 bridgehead atoms. The molecule has 1 aromatic heterocycles. The minimum absolute atomic E-state index is 0.0483. The van der Waals surface area contributed by atoms with E-state index in [4.69, 9.17) is 5.11 Å². The molecule has 2 aromatic rings. The molecule has 21 heavy (non-hydrogen) atoms. The van der Waals surface area contributed by atoms with E-state index in [2.05, 4.69) is 4.98 Å². The Bertz CT molecular complexity index is 658. The number of fused-ring (bicyclic) bond motifs is 1. The summed E-state index contributed by atoms with van der Waals surface area (Å²) in [4.78, 5) is 15.1. The van der Waals surface area contributed by atoms with Gasteiger partial charge in [-0.25, -0.2) is 9.37 Å². The maximum Gasteiger partial charge on any atom is 0.313 e. The van der Waals surface area contributed by atoms with Gasteiger partial charge in [-0.2, -0.15) is 11.8 Å². The van der Waals surface area contributed by atoms with Crippen molar-refractivity contribution in [2.75, 3.05) is 17.8 Å². The first-order valence-corrected chi connectivity index (χ1v) is 8.90. The average Bonchev–Trinajstić information content (AvgIpc) is 2.75. The second-order valence-corrected chi connectivity index (χ2v) is 6.59. The first kappa shape index (κ1) is 16.2. The van der Waals surface area contributed by atoms with Crippen LogP contribution in [0.2, 0.25) is 0 Å². The number of aryl methyl sites for hydroxylation is 2. The maximum absolute atomic E-state index is 13.7. The molecule has 0 amide bonds. The van der Waals surface area contributed by atoms with Crippen LogP contribution in [-0.2, 0) is 11.3 Å². The van der Waals surface area contributed by atoms with Crippen molar-refractivity contribution in [3.63, 3.8) is 0 Å². The topological polar surface area (TPSA) is 55.1 Å². The molecule has 1 heterocycles. The molecule has 0 aliphatic carbocycles. The first-order chi connectivity index (χ1) is 10.0. The fourth-order valence-corrected chi connectivity index (χ4v) is 3.23. The largest absolute Gasteiger partial charge is 0.481 e. The monoisotopic (exact) mass is 328 g/mol. The Morgan fingerprint density at radius 2 is 2.24 bits per heavy atom. The quantitative estimate of drug-likeness (QED) is 0.623. The van der Waals surface area contributed by atoms with E-state index in [0.29, 0.717) is 16.2 Å². The van der Waals surface area contributed by atoms with Crippen LogP contribution in [0.4, 0.5) is 4.39 Å². The molecule has 0 saturated heterocycles. The maximum atomic E-state index is 13.7. The Labute approximate surface area is 131 Å². The number of halogens is 1. The van der Waals surface area contributed by atoms with Crippen molar-refractivity contribution in [3.05, 3.63) is 23.5 Å². The molecule has 4 nitrogen and oxygen atoms in total. The smallest absolute Gasteiger partial charge is 0.313 e. The molecule has 2 rings (SSSR count). The summed E-state index contributed by atoms with van der Waals surface area (Å²) in [6.07, 6.45) is 3.01. The van der Waals surface area contributed by atoms with E-state index < -0.39 is 5.97 Å². The van der Waals surface area contributed by atoms with Gasteiger partial charge in [-0.05, 0) is 37.0 Å². The molecule has 0 atom stereocenters.